The van der Waals surface area contributed by atoms with Crippen LogP contribution in [0.2, 0.25) is 0 Å². The molecular formula is C29H42O5. The lowest BCUT2D eigenvalue weighted by atomic mass is 9.45. The van der Waals surface area contributed by atoms with Gasteiger partial charge in [-0.1, -0.05) is 40.0 Å². The number of hydrogen-bond acceptors (Lipinski definition) is 4. The van der Waals surface area contributed by atoms with Gasteiger partial charge in [-0.05, 0) is 86.0 Å². The molecule has 0 bridgehead atoms. The summed E-state index contributed by atoms with van der Waals surface area (Å²) < 4.78 is 19.3. The zero-order valence-electron chi connectivity index (χ0n) is 21.1. The van der Waals surface area contributed by atoms with Crippen molar-refractivity contribution in [2.45, 2.75) is 91.0 Å². The molecule has 0 aromatic heterocycles. The van der Waals surface area contributed by atoms with Gasteiger partial charge < -0.3 is 19.3 Å². The molecule has 1 N–H and O–H groups in total. The molecule has 5 rings (SSSR count). The fourth-order valence-corrected chi connectivity index (χ4v) is 8.28. The van der Waals surface area contributed by atoms with Gasteiger partial charge in [0.1, 0.15) is 5.75 Å². The van der Waals surface area contributed by atoms with Crippen LogP contribution in [0.25, 0.3) is 0 Å². The van der Waals surface area contributed by atoms with Crippen molar-refractivity contribution in [3.8, 4) is 5.75 Å². The van der Waals surface area contributed by atoms with Crippen molar-refractivity contribution in [3.63, 3.8) is 0 Å². The lowest BCUT2D eigenvalue weighted by Crippen LogP contribution is -2.62. The van der Waals surface area contributed by atoms with E-state index in [0.717, 1.165) is 25.2 Å². The first kappa shape index (κ1) is 24.1. The van der Waals surface area contributed by atoms with Crippen molar-refractivity contribution >= 4 is 5.97 Å². The summed E-state index contributed by atoms with van der Waals surface area (Å²) in [5.74, 6) is 2.33. The van der Waals surface area contributed by atoms with Crippen molar-refractivity contribution in [2.75, 3.05) is 13.2 Å². The quantitative estimate of drug-likeness (QED) is 0.510. The minimum absolute atomic E-state index is 0.0177. The number of rotatable bonds is 6. The van der Waals surface area contributed by atoms with Gasteiger partial charge in [-0.15, -0.1) is 0 Å². The molecule has 188 valence electrons. The summed E-state index contributed by atoms with van der Waals surface area (Å²) >= 11 is 0. The van der Waals surface area contributed by atoms with Gasteiger partial charge in [0.15, 0.2) is 6.29 Å². The normalized spacial score (nSPS) is 40.4. The second kappa shape index (κ2) is 9.46. The van der Waals surface area contributed by atoms with Gasteiger partial charge >= 0.3 is 5.97 Å². The molecule has 0 spiro atoms. The molecule has 0 amide bonds. The molecule has 1 saturated heterocycles. The summed E-state index contributed by atoms with van der Waals surface area (Å²) in [6.45, 7) is 8.90. The third kappa shape index (κ3) is 4.28. The molecule has 1 aliphatic heterocycles. The highest BCUT2D eigenvalue weighted by Gasteiger charge is 2.60. The minimum atomic E-state index is -0.907. The Labute approximate surface area is 204 Å². The third-order valence-corrected chi connectivity index (χ3v) is 10.2. The molecule has 1 aromatic rings. The number of benzene rings is 1. The SMILES string of the molecule is CC1CCC2[C@]3(C)CO[C@@H](C4CCCC4)O[C@@H]3CC[C@@]2(C)[C@@H]1CCOc1ccc(C(=O)O)cc1. The Morgan fingerprint density at radius 2 is 1.79 bits per heavy atom. The van der Waals surface area contributed by atoms with Gasteiger partial charge in [-0.2, -0.15) is 0 Å². The number of aromatic carboxylic acids is 1. The van der Waals surface area contributed by atoms with Crippen LogP contribution in [0.1, 0.15) is 88.9 Å². The predicted octanol–water partition coefficient (Wildman–Crippen LogP) is 6.55. The Morgan fingerprint density at radius 3 is 2.50 bits per heavy atom. The van der Waals surface area contributed by atoms with Crippen molar-refractivity contribution in [3.05, 3.63) is 29.8 Å². The summed E-state index contributed by atoms with van der Waals surface area (Å²) in [6, 6.07) is 6.76. The van der Waals surface area contributed by atoms with Gasteiger partial charge in [0, 0.05) is 11.3 Å². The monoisotopic (exact) mass is 470 g/mol. The van der Waals surface area contributed by atoms with Gasteiger partial charge in [-0.25, -0.2) is 4.79 Å². The molecule has 1 aromatic carbocycles. The number of ether oxygens (including phenoxy) is 3. The number of hydrogen-bond donors (Lipinski definition) is 1. The average molecular weight is 471 g/mol. The lowest BCUT2D eigenvalue weighted by molar-refractivity contribution is -0.319. The van der Waals surface area contributed by atoms with Crippen molar-refractivity contribution in [1.82, 2.24) is 0 Å². The molecule has 7 atom stereocenters. The van der Waals surface area contributed by atoms with Gasteiger partial charge in [0.05, 0.1) is 24.9 Å². The van der Waals surface area contributed by atoms with Crippen LogP contribution in [-0.4, -0.2) is 36.7 Å². The van der Waals surface area contributed by atoms with Crippen LogP contribution in [0.4, 0.5) is 0 Å². The number of carboxylic acids is 1. The molecule has 5 nitrogen and oxygen atoms in total. The maximum Gasteiger partial charge on any atom is 0.335 e. The van der Waals surface area contributed by atoms with Crippen LogP contribution in [0.15, 0.2) is 24.3 Å². The van der Waals surface area contributed by atoms with E-state index in [0.29, 0.717) is 41.9 Å². The molecule has 4 aliphatic rings. The highest BCUT2D eigenvalue weighted by Crippen LogP contribution is 2.63. The molecule has 34 heavy (non-hydrogen) atoms. The standard InChI is InChI=1S/C29H42O5/c1-19-8-13-24-28(2,23(19)15-17-32-22-11-9-20(10-12-22)26(30)31)16-14-25-29(24,3)18-33-27(34-25)21-6-4-5-7-21/h9-12,19,21,23-25,27H,4-8,13-18H2,1-3H3,(H,30,31)/t19?,23-,24?,25-,27-,28+,29+/m1/s1. The van der Waals surface area contributed by atoms with E-state index in [4.69, 9.17) is 19.3 Å². The third-order valence-electron chi connectivity index (χ3n) is 10.2. The Kier molecular flexibility index (Phi) is 6.71. The maximum atomic E-state index is 11.1. The van der Waals surface area contributed by atoms with Crippen LogP contribution < -0.4 is 4.74 Å². The van der Waals surface area contributed by atoms with E-state index < -0.39 is 5.97 Å². The number of carbonyl (C=O) groups is 1. The first-order chi connectivity index (χ1) is 16.3. The van der Waals surface area contributed by atoms with Crippen LogP contribution in [0, 0.1) is 34.5 Å². The molecule has 3 aliphatic carbocycles. The van der Waals surface area contributed by atoms with Crippen LogP contribution in [0.5, 0.6) is 5.75 Å². The topological polar surface area (TPSA) is 65.0 Å². The first-order valence-corrected chi connectivity index (χ1v) is 13.5. The van der Waals surface area contributed by atoms with Crippen LogP contribution in [0.3, 0.4) is 0 Å². The number of carboxylic acid groups (broad SMARTS) is 1. The largest absolute Gasteiger partial charge is 0.494 e. The Morgan fingerprint density at radius 1 is 1.06 bits per heavy atom. The Balaban J connectivity index is 1.25. The van der Waals surface area contributed by atoms with E-state index in [9.17, 15) is 4.79 Å². The molecule has 5 heteroatoms. The summed E-state index contributed by atoms with van der Waals surface area (Å²) in [6.07, 6.45) is 11.4. The highest BCUT2D eigenvalue weighted by molar-refractivity contribution is 5.87. The van der Waals surface area contributed by atoms with E-state index >= 15 is 0 Å². The molecule has 2 unspecified atom stereocenters. The van der Waals surface area contributed by atoms with Crippen LogP contribution >= 0.6 is 0 Å². The molecule has 0 radical (unpaired) electrons. The van der Waals surface area contributed by atoms with Crippen molar-refractivity contribution < 1.29 is 24.1 Å². The predicted molar refractivity (Wildman–Crippen MR) is 131 cm³/mol. The first-order valence-electron chi connectivity index (χ1n) is 13.5. The zero-order chi connectivity index (χ0) is 23.9. The maximum absolute atomic E-state index is 11.1. The van der Waals surface area contributed by atoms with Gasteiger partial charge in [0.25, 0.3) is 0 Å². The van der Waals surface area contributed by atoms with Crippen LogP contribution in [-0.2, 0) is 9.47 Å². The Bertz CT molecular complexity index is 862. The molecule has 3 saturated carbocycles. The summed E-state index contributed by atoms with van der Waals surface area (Å²) in [7, 11) is 0. The average Bonchev–Trinajstić information content (AvgIpc) is 3.35. The molecule has 4 fully saturated rings. The Hall–Kier alpha value is -1.59. The van der Waals surface area contributed by atoms with E-state index in [1.54, 1.807) is 24.3 Å². The van der Waals surface area contributed by atoms with Gasteiger partial charge in [-0.3, -0.25) is 0 Å². The van der Waals surface area contributed by atoms with E-state index in [-0.39, 0.29) is 17.1 Å². The van der Waals surface area contributed by atoms with E-state index in [1.165, 1.54) is 44.9 Å². The van der Waals surface area contributed by atoms with Crippen molar-refractivity contribution in [1.29, 1.82) is 0 Å². The van der Waals surface area contributed by atoms with E-state index in [2.05, 4.69) is 20.8 Å². The fourth-order valence-electron chi connectivity index (χ4n) is 8.28. The summed E-state index contributed by atoms with van der Waals surface area (Å²) in [5.41, 5.74) is 0.654. The smallest absolute Gasteiger partial charge is 0.335 e. The lowest BCUT2D eigenvalue weighted by Gasteiger charge is -2.63. The second-order valence-electron chi connectivity index (χ2n) is 12.1. The summed E-state index contributed by atoms with van der Waals surface area (Å²) in [4.78, 5) is 11.1. The summed E-state index contributed by atoms with van der Waals surface area (Å²) in [5, 5.41) is 9.10. The molecule has 1 heterocycles. The zero-order valence-corrected chi connectivity index (χ0v) is 21.1. The number of fused-ring (bicyclic) bond motifs is 3. The second-order valence-corrected chi connectivity index (χ2v) is 12.1. The minimum Gasteiger partial charge on any atom is -0.494 e. The fraction of sp³-hybridized carbons (Fsp3) is 0.759. The highest BCUT2D eigenvalue weighted by atomic mass is 16.7. The van der Waals surface area contributed by atoms with Crippen molar-refractivity contribution in [2.24, 2.45) is 34.5 Å². The molecular weight excluding hydrogens is 428 g/mol. The van der Waals surface area contributed by atoms with E-state index in [1.807, 2.05) is 0 Å². The van der Waals surface area contributed by atoms with Gasteiger partial charge in [0.2, 0.25) is 0 Å².